The number of hydrogen-bond acceptors (Lipinski definition) is 4. The average Bonchev–Trinajstić information content (AvgIpc) is 2.45. The van der Waals surface area contributed by atoms with Crippen molar-refractivity contribution >= 4 is 28.7 Å². The number of aliphatic hydroxyl groups is 1. The molecule has 3 atom stereocenters. The van der Waals surface area contributed by atoms with E-state index in [1.165, 1.54) is 0 Å². The molecule has 0 saturated heterocycles. The Balaban J connectivity index is 2.75. The van der Waals surface area contributed by atoms with Gasteiger partial charge in [-0.2, -0.15) is 0 Å². The van der Waals surface area contributed by atoms with Gasteiger partial charge in [-0.25, -0.2) is 0 Å². The van der Waals surface area contributed by atoms with Gasteiger partial charge in [0.2, 0.25) is 0 Å². The smallest absolute Gasteiger partial charge is 0.146 e. The van der Waals surface area contributed by atoms with Crippen LogP contribution in [0.25, 0.3) is 6.08 Å². The molecule has 0 unspecified atom stereocenters. The molecule has 1 aromatic rings. The second-order valence-corrected chi connectivity index (χ2v) is 6.05. The first-order valence-electron chi connectivity index (χ1n) is 6.80. The fraction of sp³-hybridized carbons (Fsp3) is 0.500. The average molecular weight is 406 g/mol. The molecule has 0 aliphatic carbocycles. The van der Waals surface area contributed by atoms with Gasteiger partial charge in [-0.3, -0.25) is 0 Å². The number of benzene rings is 1. The topological polar surface area (TPSA) is 47.9 Å². The fourth-order valence-electron chi connectivity index (χ4n) is 2.04. The van der Waals surface area contributed by atoms with Crippen molar-refractivity contribution in [3.05, 3.63) is 33.4 Å². The zero-order valence-electron chi connectivity index (χ0n) is 12.9. The summed E-state index contributed by atoms with van der Waals surface area (Å²) in [7, 11) is 3.23. The van der Waals surface area contributed by atoms with E-state index >= 15 is 0 Å². The number of ether oxygens (including phenoxy) is 3. The fourth-order valence-corrected chi connectivity index (χ4v) is 2.80. The molecule has 0 aliphatic rings. The Labute approximate surface area is 140 Å². The summed E-state index contributed by atoms with van der Waals surface area (Å²) in [6.07, 6.45) is 3.21. The van der Waals surface area contributed by atoms with Crippen LogP contribution in [0.15, 0.2) is 24.3 Å². The van der Waals surface area contributed by atoms with Gasteiger partial charge in [0.05, 0.1) is 22.9 Å². The van der Waals surface area contributed by atoms with E-state index in [-0.39, 0.29) is 18.8 Å². The lowest BCUT2D eigenvalue weighted by atomic mass is 9.99. The highest BCUT2D eigenvalue weighted by Gasteiger charge is 2.21. The summed E-state index contributed by atoms with van der Waals surface area (Å²) in [4.78, 5) is 0. The number of aliphatic hydroxyl groups excluding tert-OH is 1. The first-order chi connectivity index (χ1) is 9.99. The zero-order chi connectivity index (χ0) is 15.8. The molecule has 21 heavy (non-hydrogen) atoms. The SMILES string of the molecule is COCO[C@H]([C@H](C)/C=C/c1ccc(OC)c(I)c1)[C@@H](C)O. The third kappa shape index (κ3) is 5.94. The van der Waals surface area contributed by atoms with Crippen LogP contribution in [0, 0.1) is 9.49 Å². The van der Waals surface area contributed by atoms with Gasteiger partial charge in [0, 0.05) is 13.0 Å². The van der Waals surface area contributed by atoms with Crippen LogP contribution >= 0.6 is 22.6 Å². The lowest BCUT2D eigenvalue weighted by molar-refractivity contribution is -0.120. The maximum absolute atomic E-state index is 9.79. The third-order valence-electron chi connectivity index (χ3n) is 3.14. The van der Waals surface area contributed by atoms with Gasteiger partial charge >= 0.3 is 0 Å². The largest absolute Gasteiger partial charge is 0.496 e. The molecule has 0 bridgehead atoms. The van der Waals surface area contributed by atoms with Gasteiger partial charge in [0.25, 0.3) is 0 Å². The molecule has 0 radical (unpaired) electrons. The Kier molecular flexibility index (Phi) is 8.24. The van der Waals surface area contributed by atoms with Crippen LogP contribution in [0.1, 0.15) is 19.4 Å². The Bertz CT molecular complexity index is 460. The van der Waals surface area contributed by atoms with Crippen molar-refractivity contribution < 1.29 is 19.3 Å². The molecule has 5 heteroatoms. The first kappa shape index (κ1) is 18.4. The van der Waals surface area contributed by atoms with Crippen LogP contribution in [-0.4, -0.2) is 38.3 Å². The van der Waals surface area contributed by atoms with Crippen molar-refractivity contribution in [1.29, 1.82) is 0 Å². The lowest BCUT2D eigenvalue weighted by Gasteiger charge is -2.24. The summed E-state index contributed by atoms with van der Waals surface area (Å²) in [5.41, 5.74) is 1.09. The van der Waals surface area contributed by atoms with Gasteiger partial charge < -0.3 is 19.3 Å². The molecule has 1 aromatic carbocycles. The number of rotatable bonds is 8. The molecule has 1 rings (SSSR count). The Hall–Kier alpha value is -0.630. The summed E-state index contributed by atoms with van der Waals surface area (Å²) in [5.74, 6) is 0.936. The molecule has 0 spiro atoms. The summed E-state index contributed by atoms with van der Waals surface area (Å²) >= 11 is 2.25. The number of methoxy groups -OCH3 is 2. The second-order valence-electron chi connectivity index (χ2n) is 4.89. The van der Waals surface area contributed by atoms with E-state index in [0.29, 0.717) is 0 Å². The predicted octanol–water partition coefficient (Wildman–Crippen LogP) is 3.32. The van der Waals surface area contributed by atoms with Gasteiger partial charge in [-0.1, -0.05) is 25.1 Å². The van der Waals surface area contributed by atoms with Crippen LogP contribution in [-0.2, 0) is 9.47 Å². The lowest BCUT2D eigenvalue weighted by Crippen LogP contribution is -2.32. The van der Waals surface area contributed by atoms with Gasteiger partial charge in [-0.05, 0) is 47.2 Å². The quantitative estimate of drug-likeness (QED) is 0.532. The van der Waals surface area contributed by atoms with E-state index in [1.54, 1.807) is 21.1 Å². The molecule has 0 amide bonds. The molecule has 0 heterocycles. The molecule has 0 aliphatic heterocycles. The van der Waals surface area contributed by atoms with Crippen LogP contribution in [0.2, 0.25) is 0 Å². The third-order valence-corrected chi connectivity index (χ3v) is 3.98. The molecule has 4 nitrogen and oxygen atoms in total. The molecule has 0 saturated carbocycles. The minimum Gasteiger partial charge on any atom is -0.496 e. The van der Waals surface area contributed by atoms with Gasteiger partial charge in [-0.15, -0.1) is 0 Å². The zero-order valence-corrected chi connectivity index (χ0v) is 15.0. The van der Waals surface area contributed by atoms with Crippen LogP contribution in [0.3, 0.4) is 0 Å². The van der Waals surface area contributed by atoms with E-state index in [2.05, 4.69) is 28.7 Å². The molecule has 118 valence electrons. The molecule has 0 aromatic heterocycles. The monoisotopic (exact) mass is 406 g/mol. The Morgan fingerprint density at radius 3 is 2.52 bits per heavy atom. The van der Waals surface area contributed by atoms with Crippen molar-refractivity contribution in [2.24, 2.45) is 5.92 Å². The first-order valence-corrected chi connectivity index (χ1v) is 7.87. The second kappa shape index (κ2) is 9.40. The van der Waals surface area contributed by atoms with Crippen molar-refractivity contribution in [1.82, 2.24) is 0 Å². The Morgan fingerprint density at radius 2 is 2.00 bits per heavy atom. The maximum Gasteiger partial charge on any atom is 0.146 e. The number of hydrogen-bond donors (Lipinski definition) is 1. The predicted molar refractivity (Wildman–Crippen MR) is 92.3 cm³/mol. The maximum atomic E-state index is 9.79. The van der Waals surface area contributed by atoms with E-state index < -0.39 is 6.10 Å². The highest BCUT2D eigenvalue weighted by atomic mass is 127. The van der Waals surface area contributed by atoms with Crippen molar-refractivity contribution in [3.63, 3.8) is 0 Å². The van der Waals surface area contributed by atoms with E-state index in [0.717, 1.165) is 14.9 Å². The van der Waals surface area contributed by atoms with Crippen LogP contribution in [0.5, 0.6) is 5.75 Å². The Morgan fingerprint density at radius 1 is 1.29 bits per heavy atom. The van der Waals surface area contributed by atoms with Gasteiger partial charge in [0.1, 0.15) is 12.5 Å². The summed E-state index contributed by atoms with van der Waals surface area (Å²) < 4.78 is 16.7. The van der Waals surface area contributed by atoms with E-state index in [9.17, 15) is 5.11 Å². The molecular weight excluding hydrogens is 383 g/mol. The highest BCUT2D eigenvalue weighted by molar-refractivity contribution is 14.1. The highest BCUT2D eigenvalue weighted by Crippen LogP contribution is 2.23. The standard InChI is InChI=1S/C16H23IO4/c1-11(16(12(2)18)21-10-19-3)5-6-13-7-8-15(20-4)14(17)9-13/h5-9,11-12,16,18H,10H2,1-4H3/b6-5+/t11-,12-,16-/m1/s1. The van der Waals surface area contributed by atoms with Crippen LogP contribution in [0.4, 0.5) is 0 Å². The van der Waals surface area contributed by atoms with Crippen molar-refractivity contribution in [2.75, 3.05) is 21.0 Å². The summed E-state index contributed by atoms with van der Waals surface area (Å²) in [6, 6.07) is 5.99. The van der Waals surface area contributed by atoms with Crippen molar-refractivity contribution in [2.45, 2.75) is 26.1 Å². The summed E-state index contributed by atoms with van der Waals surface area (Å²) in [6.45, 7) is 3.91. The normalized spacial score (nSPS) is 15.9. The summed E-state index contributed by atoms with van der Waals surface area (Å²) in [5, 5.41) is 9.79. The molecular formula is C16H23IO4. The van der Waals surface area contributed by atoms with E-state index in [4.69, 9.17) is 14.2 Å². The molecule has 0 fully saturated rings. The van der Waals surface area contributed by atoms with Crippen LogP contribution < -0.4 is 4.74 Å². The number of halogens is 1. The van der Waals surface area contributed by atoms with E-state index in [1.807, 2.05) is 31.2 Å². The minimum atomic E-state index is -0.559. The molecule has 1 N–H and O–H groups in total. The van der Waals surface area contributed by atoms with Gasteiger partial charge in [0.15, 0.2) is 0 Å². The van der Waals surface area contributed by atoms with Crippen molar-refractivity contribution in [3.8, 4) is 5.75 Å². The minimum absolute atomic E-state index is 0.0694.